The van der Waals surface area contributed by atoms with E-state index >= 15 is 0 Å². The van der Waals surface area contributed by atoms with Crippen molar-refractivity contribution in [2.45, 2.75) is 6.42 Å². The maximum absolute atomic E-state index is 12.6. The standard InChI is InChI=1S/C23H18Cl2N2O4/c24-17-8-4-9-18(22(17)25)26-20(28)13-31-23(30)15-11-21(29)27(12-15)19-10-3-6-14-5-1-2-7-16(14)19/h1-10,15H,11-13H2,(H,26,28)/t15-/m1/s1. The van der Waals surface area contributed by atoms with Crippen LogP contribution in [0, 0.1) is 5.92 Å². The highest BCUT2D eigenvalue weighted by Crippen LogP contribution is 2.32. The molecule has 2 amide bonds. The maximum atomic E-state index is 12.6. The van der Waals surface area contributed by atoms with Crippen LogP contribution in [0.5, 0.6) is 0 Å². The number of esters is 1. The molecule has 1 aliphatic rings. The van der Waals surface area contributed by atoms with Gasteiger partial charge < -0.3 is 15.0 Å². The molecule has 8 heteroatoms. The Bertz CT molecular complexity index is 1180. The van der Waals surface area contributed by atoms with Gasteiger partial charge in [-0.2, -0.15) is 0 Å². The number of ether oxygens (including phenoxy) is 1. The number of nitrogens with one attached hydrogen (secondary N) is 1. The number of rotatable bonds is 5. The van der Waals surface area contributed by atoms with Crippen molar-refractivity contribution in [3.8, 4) is 0 Å². The quantitative estimate of drug-likeness (QED) is 0.565. The largest absolute Gasteiger partial charge is 0.455 e. The van der Waals surface area contributed by atoms with Gasteiger partial charge in [0.05, 0.1) is 27.3 Å². The molecule has 158 valence electrons. The van der Waals surface area contributed by atoms with Crippen LogP contribution in [-0.2, 0) is 19.1 Å². The molecule has 31 heavy (non-hydrogen) atoms. The van der Waals surface area contributed by atoms with Crippen LogP contribution in [0.15, 0.2) is 60.7 Å². The van der Waals surface area contributed by atoms with Crippen molar-refractivity contribution in [2.24, 2.45) is 5.92 Å². The van der Waals surface area contributed by atoms with Crippen molar-refractivity contribution in [1.82, 2.24) is 0 Å². The van der Waals surface area contributed by atoms with Gasteiger partial charge in [0.1, 0.15) is 0 Å². The molecule has 1 saturated heterocycles. The second-order valence-corrected chi connectivity index (χ2v) is 7.95. The minimum Gasteiger partial charge on any atom is -0.455 e. The first-order valence-corrected chi connectivity index (χ1v) is 10.4. The molecule has 0 spiro atoms. The number of hydrogen-bond acceptors (Lipinski definition) is 4. The molecule has 0 unspecified atom stereocenters. The second-order valence-electron chi connectivity index (χ2n) is 7.16. The Morgan fingerprint density at radius 3 is 2.61 bits per heavy atom. The van der Waals surface area contributed by atoms with Crippen molar-refractivity contribution >= 4 is 63.1 Å². The van der Waals surface area contributed by atoms with Crippen LogP contribution in [0.3, 0.4) is 0 Å². The van der Waals surface area contributed by atoms with E-state index in [1.54, 1.807) is 23.1 Å². The number of hydrogen-bond donors (Lipinski definition) is 1. The molecule has 0 aliphatic carbocycles. The molecular weight excluding hydrogens is 439 g/mol. The average molecular weight is 457 g/mol. The molecule has 3 aromatic rings. The fraction of sp³-hybridized carbons (Fsp3) is 0.174. The highest BCUT2D eigenvalue weighted by Gasteiger charge is 2.36. The molecule has 4 rings (SSSR count). The van der Waals surface area contributed by atoms with Gasteiger partial charge in [0, 0.05) is 18.4 Å². The number of amides is 2. The molecule has 3 aromatic carbocycles. The zero-order valence-electron chi connectivity index (χ0n) is 16.3. The Hall–Kier alpha value is -3.09. The summed E-state index contributed by atoms with van der Waals surface area (Å²) in [6, 6.07) is 18.3. The summed E-state index contributed by atoms with van der Waals surface area (Å²) in [5, 5.41) is 5.00. The minimum atomic E-state index is -0.644. The molecular formula is C23H18Cl2N2O4. The van der Waals surface area contributed by atoms with E-state index in [0.717, 1.165) is 16.5 Å². The van der Waals surface area contributed by atoms with Crippen molar-refractivity contribution < 1.29 is 19.1 Å². The SMILES string of the molecule is O=C(COC(=O)[C@@H]1CC(=O)N(c2cccc3ccccc23)C1)Nc1cccc(Cl)c1Cl. The fourth-order valence-corrected chi connectivity index (χ4v) is 3.93. The Labute approximate surface area is 188 Å². The van der Waals surface area contributed by atoms with Crippen molar-refractivity contribution in [2.75, 3.05) is 23.4 Å². The first-order chi connectivity index (χ1) is 14.9. The van der Waals surface area contributed by atoms with Crippen LogP contribution in [0.1, 0.15) is 6.42 Å². The molecule has 1 N–H and O–H groups in total. The van der Waals surface area contributed by atoms with E-state index in [4.69, 9.17) is 27.9 Å². The Kier molecular flexibility index (Phi) is 6.11. The third-order valence-electron chi connectivity index (χ3n) is 5.09. The zero-order valence-corrected chi connectivity index (χ0v) is 17.8. The summed E-state index contributed by atoms with van der Waals surface area (Å²) in [5.74, 6) is -1.95. The number of halogens is 2. The third-order valence-corrected chi connectivity index (χ3v) is 5.91. The van der Waals surface area contributed by atoms with Crippen LogP contribution in [0.25, 0.3) is 10.8 Å². The number of carbonyl (C=O) groups is 3. The van der Waals surface area contributed by atoms with Gasteiger partial charge in [-0.15, -0.1) is 0 Å². The molecule has 6 nitrogen and oxygen atoms in total. The summed E-state index contributed by atoms with van der Waals surface area (Å²) >= 11 is 12.0. The molecule has 1 heterocycles. The van der Waals surface area contributed by atoms with E-state index in [1.165, 1.54) is 0 Å². The number of anilines is 2. The number of nitrogens with zero attached hydrogens (tertiary/aromatic N) is 1. The molecule has 1 atom stereocenters. The summed E-state index contributed by atoms with van der Waals surface area (Å²) in [6.45, 7) is -0.284. The smallest absolute Gasteiger partial charge is 0.311 e. The molecule has 0 aromatic heterocycles. The van der Waals surface area contributed by atoms with Gasteiger partial charge in [0.25, 0.3) is 5.91 Å². The third kappa shape index (κ3) is 4.50. The predicted molar refractivity (Wildman–Crippen MR) is 120 cm³/mol. The average Bonchev–Trinajstić information content (AvgIpc) is 3.16. The lowest BCUT2D eigenvalue weighted by atomic mass is 10.1. The van der Waals surface area contributed by atoms with Crippen LogP contribution in [-0.4, -0.2) is 30.9 Å². The topological polar surface area (TPSA) is 75.7 Å². The lowest BCUT2D eigenvalue weighted by Crippen LogP contribution is -2.28. The summed E-state index contributed by atoms with van der Waals surface area (Å²) in [5.41, 5.74) is 1.08. The number of benzene rings is 3. The van der Waals surface area contributed by atoms with Gasteiger partial charge in [-0.1, -0.05) is 65.7 Å². The minimum absolute atomic E-state index is 0.0315. The van der Waals surface area contributed by atoms with E-state index < -0.39 is 24.4 Å². The fourth-order valence-electron chi connectivity index (χ4n) is 3.58. The molecule has 0 radical (unpaired) electrons. The summed E-state index contributed by atoms with van der Waals surface area (Å²) in [6.07, 6.45) is 0.0315. The van der Waals surface area contributed by atoms with E-state index in [9.17, 15) is 14.4 Å². The van der Waals surface area contributed by atoms with Gasteiger partial charge in [-0.05, 0) is 23.6 Å². The lowest BCUT2D eigenvalue weighted by Gasteiger charge is -2.18. The summed E-state index contributed by atoms with van der Waals surface area (Å²) in [7, 11) is 0. The predicted octanol–water partition coefficient (Wildman–Crippen LogP) is 4.68. The Morgan fingerprint density at radius 2 is 1.77 bits per heavy atom. The van der Waals surface area contributed by atoms with E-state index in [2.05, 4.69) is 5.32 Å². The molecule has 0 saturated carbocycles. The highest BCUT2D eigenvalue weighted by molar-refractivity contribution is 6.44. The molecule has 1 aliphatic heterocycles. The van der Waals surface area contributed by atoms with E-state index in [-0.39, 0.29) is 23.9 Å². The number of fused-ring (bicyclic) bond motifs is 1. The normalized spacial score (nSPS) is 15.9. The van der Waals surface area contributed by atoms with Gasteiger partial charge in [-0.3, -0.25) is 14.4 Å². The van der Waals surface area contributed by atoms with Gasteiger partial charge in [-0.25, -0.2) is 0 Å². The second kappa shape index (κ2) is 8.96. The number of carbonyl (C=O) groups excluding carboxylic acids is 3. The first kappa shape index (κ1) is 21.2. The van der Waals surface area contributed by atoms with E-state index in [0.29, 0.717) is 10.7 Å². The van der Waals surface area contributed by atoms with Crippen LogP contribution >= 0.6 is 23.2 Å². The first-order valence-electron chi connectivity index (χ1n) is 9.62. The lowest BCUT2D eigenvalue weighted by molar-refractivity contribution is -0.151. The summed E-state index contributed by atoms with van der Waals surface area (Å²) < 4.78 is 5.14. The Morgan fingerprint density at radius 1 is 1.03 bits per heavy atom. The molecule has 0 bridgehead atoms. The van der Waals surface area contributed by atoms with Crippen LogP contribution < -0.4 is 10.2 Å². The Balaban J connectivity index is 1.38. The highest BCUT2D eigenvalue weighted by atomic mass is 35.5. The van der Waals surface area contributed by atoms with Crippen LogP contribution in [0.2, 0.25) is 10.0 Å². The van der Waals surface area contributed by atoms with E-state index in [1.807, 2.05) is 42.5 Å². The molecule has 1 fully saturated rings. The van der Waals surface area contributed by atoms with Crippen molar-refractivity contribution in [3.05, 3.63) is 70.7 Å². The van der Waals surface area contributed by atoms with Gasteiger partial charge >= 0.3 is 5.97 Å². The van der Waals surface area contributed by atoms with Gasteiger partial charge in [0.15, 0.2) is 6.61 Å². The monoisotopic (exact) mass is 456 g/mol. The maximum Gasteiger partial charge on any atom is 0.311 e. The van der Waals surface area contributed by atoms with Crippen molar-refractivity contribution in [1.29, 1.82) is 0 Å². The van der Waals surface area contributed by atoms with Crippen molar-refractivity contribution in [3.63, 3.8) is 0 Å². The zero-order chi connectivity index (χ0) is 22.0. The van der Waals surface area contributed by atoms with Crippen LogP contribution in [0.4, 0.5) is 11.4 Å². The summed E-state index contributed by atoms with van der Waals surface area (Å²) in [4.78, 5) is 38.8. The van der Waals surface area contributed by atoms with Gasteiger partial charge in [0.2, 0.25) is 5.91 Å².